The molecule has 2 aromatic rings. The van der Waals surface area contributed by atoms with Crippen LogP contribution in [-0.2, 0) is 4.79 Å². The zero-order valence-electron chi connectivity index (χ0n) is 11.1. The summed E-state index contributed by atoms with van der Waals surface area (Å²) in [6.45, 7) is 4.03. The fourth-order valence-corrected chi connectivity index (χ4v) is 1.84. The Morgan fingerprint density at radius 2 is 1.95 bits per heavy atom. The summed E-state index contributed by atoms with van der Waals surface area (Å²) >= 11 is 0. The van der Waals surface area contributed by atoms with Crippen molar-refractivity contribution >= 4 is 11.6 Å². The van der Waals surface area contributed by atoms with Gasteiger partial charge in [-0.15, -0.1) is 10.2 Å². The molecule has 100 valence electrons. The largest absolute Gasteiger partial charge is 0.324 e. The molecule has 0 aliphatic rings. The minimum Gasteiger partial charge on any atom is -0.324 e. The first-order chi connectivity index (χ1) is 9.24. The standard InChI is InChI=1S/C13H17N5O/c1-3-10(4-2)13(19)17-11-5-6-12(14-7-11)18-8-15-16-9-18/h5-10H,3-4H2,1-2H3,(H,17,19). The Morgan fingerprint density at radius 3 is 2.47 bits per heavy atom. The highest BCUT2D eigenvalue weighted by atomic mass is 16.1. The van der Waals surface area contributed by atoms with Gasteiger partial charge in [0.2, 0.25) is 5.91 Å². The molecule has 0 saturated heterocycles. The Morgan fingerprint density at radius 1 is 1.26 bits per heavy atom. The second-order valence-corrected chi connectivity index (χ2v) is 4.28. The summed E-state index contributed by atoms with van der Waals surface area (Å²) in [5.41, 5.74) is 0.703. The normalized spacial score (nSPS) is 10.7. The molecule has 0 fully saturated rings. The smallest absolute Gasteiger partial charge is 0.227 e. The predicted molar refractivity (Wildman–Crippen MR) is 71.9 cm³/mol. The maximum absolute atomic E-state index is 11.9. The molecule has 2 aromatic heterocycles. The van der Waals surface area contributed by atoms with Gasteiger partial charge in [-0.05, 0) is 25.0 Å². The van der Waals surface area contributed by atoms with E-state index in [2.05, 4.69) is 20.5 Å². The molecule has 0 saturated carbocycles. The van der Waals surface area contributed by atoms with Crippen molar-refractivity contribution in [1.82, 2.24) is 19.7 Å². The summed E-state index contributed by atoms with van der Waals surface area (Å²) in [5, 5.41) is 10.3. The number of nitrogens with one attached hydrogen (secondary N) is 1. The van der Waals surface area contributed by atoms with Crippen LogP contribution in [0.1, 0.15) is 26.7 Å². The third-order valence-corrected chi connectivity index (χ3v) is 3.06. The maximum atomic E-state index is 11.9. The van der Waals surface area contributed by atoms with Crippen molar-refractivity contribution in [2.75, 3.05) is 5.32 Å². The van der Waals surface area contributed by atoms with Crippen molar-refractivity contribution in [2.45, 2.75) is 26.7 Å². The van der Waals surface area contributed by atoms with Gasteiger partial charge in [0.05, 0.1) is 11.9 Å². The molecule has 0 spiro atoms. The van der Waals surface area contributed by atoms with E-state index in [1.807, 2.05) is 26.0 Å². The lowest BCUT2D eigenvalue weighted by Gasteiger charge is -2.12. The van der Waals surface area contributed by atoms with Crippen LogP contribution < -0.4 is 5.32 Å². The molecule has 0 atom stereocenters. The highest BCUT2D eigenvalue weighted by Crippen LogP contribution is 2.13. The van der Waals surface area contributed by atoms with E-state index < -0.39 is 0 Å². The van der Waals surface area contributed by atoms with Crippen molar-refractivity contribution in [1.29, 1.82) is 0 Å². The van der Waals surface area contributed by atoms with Crippen LogP contribution in [0.3, 0.4) is 0 Å². The Hall–Kier alpha value is -2.24. The van der Waals surface area contributed by atoms with Gasteiger partial charge >= 0.3 is 0 Å². The Balaban J connectivity index is 2.05. The molecule has 6 nitrogen and oxygen atoms in total. The minimum absolute atomic E-state index is 0.0452. The van der Waals surface area contributed by atoms with E-state index in [1.165, 1.54) is 0 Å². The molecular formula is C13H17N5O. The van der Waals surface area contributed by atoms with Crippen molar-refractivity contribution < 1.29 is 4.79 Å². The first-order valence-electron chi connectivity index (χ1n) is 6.36. The number of anilines is 1. The highest BCUT2D eigenvalue weighted by Gasteiger charge is 2.14. The zero-order chi connectivity index (χ0) is 13.7. The third kappa shape index (κ3) is 3.15. The first kappa shape index (κ1) is 13.2. The van der Waals surface area contributed by atoms with E-state index in [0.29, 0.717) is 11.5 Å². The van der Waals surface area contributed by atoms with Gasteiger partial charge < -0.3 is 5.32 Å². The predicted octanol–water partition coefficient (Wildman–Crippen LogP) is 2.04. The molecule has 0 radical (unpaired) electrons. The Kier molecular flexibility index (Phi) is 4.22. The summed E-state index contributed by atoms with van der Waals surface area (Å²) in [4.78, 5) is 16.2. The van der Waals surface area contributed by atoms with Gasteiger partial charge in [0.25, 0.3) is 0 Å². The highest BCUT2D eigenvalue weighted by molar-refractivity contribution is 5.92. The van der Waals surface area contributed by atoms with Crippen LogP contribution in [0.15, 0.2) is 31.0 Å². The number of carbonyl (C=O) groups is 1. The number of rotatable bonds is 5. The number of hydrogen-bond acceptors (Lipinski definition) is 4. The van der Waals surface area contributed by atoms with Crippen LogP contribution >= 0.6 is 0 Å². The minimum atomic E-state index is 0.0452. The number of aromatic nitrogens is 4. The molecule has 2 rings (SSSR count). The van der Waals surface area contributed by atoms with Crippen LogP contribution in [0.4, 0.5) is 5.69 Å². The monoisotopic (exact) mass is 259 g/mol. The third-order valence-electron chi connectivity index (χ3n) is 3.06. The molecule has 1 N–H and O–H groups in total. The van der Waals surface area contributed by atoms with E-state index in [-0.39, 0.29) is 11.8 Å². The van der Waals surface area contributed by atoms with Crippen LogP contribution in [-0.4, -0.2) is 25.7 Å². The quantitative estimate of drug-likeness (QED) is 0.891. The summed E-state index contributed by atoms with van der Waals surface area (Å²) in [5.74, 6) is 0.812. The van der Waals surface area contributed by atoms with Gasteiger partial charge in [-0.25, -0.2) is 4.98 Å². The molecule has 19 heavy (non-hydrogen) atoms. The first-order valence-corrected chi connectivity index (χ1v) is 6.36. The Bertz CT molecular complexity index is 516. The van der Waals surface area contributed by atoms with Gasteiger partial charge in [-0.1, -0.05) is 13.8 Å². The lowest BCUT2D eigenvalue weighted by molar-refractivity contribution is -0.120. The van der Waals surface area contributed by atoms with Crippen molar-refractivity contribution in [3.05, 3.63) is 31.0 Å². The molecule has 0 unspecified atom stereocenters. The second kappa shape index (κ2) is 6.08. The fraction of sp³-hybridized carbons (Fsp3) is 0.385. The van der Waals surface area contributed by atoms with Gasteiger partial charge in [0.1, 0.15) is 18.5 Å². The zero-order valence-corrected chi connectivity index (χ0v) is 11.1. The second-order valence-electron chi connectivity index (χ2n) is 4.28. The fourth-order valence-electron chi connectivity index (χ4n) is 1.84. The lowest BCUT2D eigenvalue weighted by atomic mass is 10.0. The number of pyridine rings is 1. The molecular weight excluding hydrogens is 242 g/mol. The summed E-state index contributed by atoms with van der Waals surface area (Å²) in [7, 11) is 0. The van der Waals surface area contributed by atoms with Crippen molar-refractivity contribution in [2.24, 2.45) is 5.92 Å². The number of amides is 1. The van der Waals surface area contributed by atoms with Gasteiger partial charge in [0, 0.05) is 5.92 Å². The van der Waals surface area contributed by atoms with Gasteiger partial charge in [0.15, 0.2) is 0 Å². The average molecular weight is 259 g/mol. The average Bonchev–Trinajstić information content (AvgIpc) is 2.95. The summed E-state index contributed by atoms with van der Waals surface area (Å²) in [6, 6.07) is 3.63. The summed E-state index contributed by atoms with van der Waals surface area (Å²) < 4.78 is 1.70. The van der Waals surface area contributed by atoms with Crippen molar-refractivity contribution in [3.63, 3.8) is 0 Å². The van der Waals surface area contributed by atoms with Crippen LogP contribution in [0.25, 0.3) is 5.82 Å². The lowest BCUT2D eigenvalue weighted by Crippen LogP contribution is -2.21. The van der Waals surface area contributed by atoms with E-state index in [4.69, 9.17) is 0 Å². The maximum Gasteiger partial charge on any atom is 0.227 e. The van der Waals surface area contributed by atoms with Crippen molar-refractivity contribution in [3.8, 4) is 5.82 Å². The molecule has 0 aromatic carbocycles. The van der Waals surface area contributed by atoms with E-state index in [1.54, 1.807) is 23.4 Å². The van der Waals surface area contributed by atoms with Crippen LogP contribution in [0.5, 0.6) is 0 Å². The SMILES string of the molecule is CCC(CC)C(=O)Nc1ccc(-n2cnnc2)nc1. The van der Waals surface area contributed by atoms with E-state index in [0.717, 1.165) is 12.8 Å². The van der Waals surface area contributed by atoms with E-state index in [9.17, 15) is 4.79 Å². The van der Waals surface area contributed by atoms with Crippen LogP contribution in [0, 0.1) is 5.92 Å². The molecule has 0 aliphatic heterocycles. The summed E-state index contributed by atoms with van der Waals surface area (Å²) in [6.07, 6.45) is 6.47. The van der Waals surface area contributed by atoms with E-state index >= 15 is 0 Å². The number of hydrogen-bond donors (Lipinski definition) is 1. The molecule has 6 heteroatoms. The van der Waals surface area contributed by atoms with Crippen LogP contribution in [0.2, 0.25) is 0 Å². The Labute approximate surface area is 111 Å². The van der Waals surface area contributed by atoms with Gasteiger partial charge in [-0.3, -0.25) is 9.36 Å². The molecule has 0 aliphatic carbocycles. The molecule has 0 bridgehead atoms. The molecule has 2 heterocycles. The van der Waals surface area contributed by atoms with Gasteiger partial charge in [-0.2, -0.15) is 0 Å². The number of nitrogens with zero attached hydrogens (tertiary/aromatic N) is 4. The molecule has 1 amide bonds. The number of carbonyl (C=O) groups excluding carboxylic acids is 1. The topological polar surface area (TPSA) is 72.7 Å².